The van der Waals surface area contributed by atoms with Crippen LogP contribution in [0.4, 0.5) is 0 Å². The monoisotopic (exact) mass is 279 g/mol. The molecule has 5 heteroatoms. The van der Waals surface area contributed by atoms with Crippen molar-refractivity contribution in [3.63, 3.8) is 0 Å². The maximum atomic E-state index is 11.6. The molecule has 0 spiro atoms. The summed E-state index contributed by atoms with van der Waals surface area (Å²) in [7, 11) is 1.32. The van der Waals surface area contributed by atoms with E-state index >= 15 is 0 Å². The molecule has 1 atom stereocenters. The molecule has 0 bridgehead atoms. The number of carbonyl (C=O) groups is 2. The van der Waals surface area contributed by atoms with Crippen LogP contribution >= 0.6 is 0 Å². The molecular formula is C15H21NO4. The van der Waals surface area contributed by atoms with Gasteiger partial charge in [0.2, 0.25) is 6.41 Å². The molecule has 1 aromatic rings. The Morgan fingerprint density at radius 1 is 1.30 bits per heavy atom. The van der Waals surface area contributed by atoms with E-state index in [0.29, 0.717) is 6.41 Å². The van der Waals surface area contributed by atoms with Gasteiger partial charge < -0.3 is 4.74 Å². The standard InChI is InChI=1S/C15H21NO4/c1-15(2,3)20-16(11-17)13(10-14(18)19-4)12-8-6-5-7-9-12/h5-9,11,13H,10H2,1-4H3/t13-/m0/s1. The fourth-order valence-electron chi connectivity index (χ4n) is 1.75. The van der Waals surface area contributed by atoms with Gasteiger partial charge in [0.15, 0.2) is 0 Å². The van der Waals surface area contributed by atoms with E-state index in [9.17, 15) is 9.59 Å². The first-order valence-electron chi connectivity index (χ1n) is 6.42. The third-order valence-corrected chi connectivity index (χ3v) is 2.56. The van der Waals surface area contributed by atoms with Gasteiger partial charge >= 0.3 is 5.97 Å². The predicted octanol–water partition coefficient (Wildman–Crippen LogP) is 2.48. The molecule has 1 aromatic carbocycles. The molecule has 0 aromatic heterocycles. The number of amides is 1. The maximum absolute atomic E-state index is 11.6. The summed E-state index contributed by atoms with van der Waals surface area (Å²) in [5.41, 5.74) is 0.276. The molecule has 0 N–H and O–H groups in total. The van der Waals surface area contributed by atoms with Crippen LogP contribution in [-0.4, -0.2) is 30.2 Å². The molecule has 0 aliphatic carbocycles. The normalized spacial score (nSPS) is 12.6. The van der Waals surface area contributed by atoms with E-state index in [1.807, 2.05) is 51.1 Å². The number of ether oxygens (including phenoxy) is 1. The zero-order chi connectivity index (χ0) is 15.2. The van der Waals surface area contributed by atoms with E-state index < -0.39 is 17.6 Å². The van der Waals surface area contributed by atoms with Gasteiger partial charge in [-0.25, -0.2) is 5.06 Å². The van der Waals surface area contributed by atoms with Gasteiger partial charge in [0, 0.05) is 0 Å². The quantitative estimate of drug-likeness (QED) is 0.456. The molecule has 1 rings (SSSR count). The number of hydrogen-bond acceptors (Lipinski definition) is 4. The van der Waals surface area contributed by atoms with Crippen molar-refractivity contribution in [3.8, 4) is 0 Å². The fraction of sp³-hybridized carbons (Fsp3) is 0.467. The minimum Gasteiger partial charge on any atom is -0.469 e. The molecular weight excluding hydrogens is 258 g/mol. The zero-order valence-corrected chi connectivity index (χ0v) is 12.3. The van der Waals surface area contributed by atoms with Gasteiger partial charge in [-0.15, -0.1) is 0 Å². The van der Waals surface area contributed by atoms with Gasteiger partial charge in [0.25, 0.3) is 0 Å². The van der Waals surface area contributed by atoms with Crippen molar-refractivity contribution in [2.45, 2.75) is 38.8 Å². The Morgan fingerprint density at radius 2 is 1.90 bits per heavy atom. The Hall–Kier alpha value is -1.88. The molecule has 5 nitrogen and oxygen atoms in total. The Labute approximate surface area is 119 Å². The number of esters is 1. The van der Waals surface area contributed by atoms with Crippen LogP contribution in [0.5, 0.6) is 0 Å². The zero-order valence-electron chi connectivity index (χ0n) is 12.3. The number of nitrogens with zero attached hydrogens (tertiary/aromatic N) is 1. The molecule has 1 amide bonds. The van der Waals surface area contributed by atoms with Crippen LogP contribution in [0, 0.1) is 0 Å². The van der Waals surface area contributed by atoms with Gasteiger partial charge in [-0.2, -0.15) is 0 Å². The Balaban J connectivity index is 3.02. The molecule has 0 aliphatic rings. The van der Waals surface area contributed by atoms with E-state index in [2.05, 4.69) is 4.74 Å². The fourth-order valence-corrected chi connectivity index (χ4v) is 1.75. The number of hydrogen-bond donors (Lipinski definition) is 0. The van der Waals surface area contributed by atoms with Crippen LogP contribution in [0.2, 0.25) is 0 Å². The second-order valence-corrected chi connectivity index (χ2v) is 5.38. The molecule has 20 heavy (non-hydrogen) atoms. The van der Waals surface area contributed by atoms with Crippen LogP contribution in [-0.2, 0) is 19.2 Å². The topological polar surface area (TPSA) is 55.8 Å². The molecule has 110 valence electrons. The molecule has 0 saturated carbocycles. The number of rotatable bonds is 6. The van der Waals surface area contributed by atoms with Crippen molar-refractivity contribution in [1.82, 2.24) is 5.06 Å². The minimum atomic E-state index is -0.538. The lowest BCUT2D eigenvalue weighted by molar-refractivity contribution is -0.235. The van der Waals surface area contributed by atoms with Crippen molar-refractivity contribution < 1.29 is 19.2 Å². The van der Waals surface area contributed by atoms with Crippen LogP contribution in [0.3, 0.4) is 0 Å². The van der Waals surface area contributed by atoms with Gasteiger partial charge in [-0.1, -0.05) is 30.3 Å². The van der Waals surface area contributed by atoms with E-state index in [-0.39, 0.29) is 6.42 Å². The lowest BCUT2D eigenvalue weighted by atomic mass is 10.0. The van der Waals surface area contributed by atoms with E-state index in [1.165, 1.54) is 12.2 Å². The van der Waals surface area contributed by atoms with Crippen LogP contribution in [0.25, 0.3) is 0 Å². The third-order valence-electron chi connectivity index (χ3n) is 2.56. The van der Waals surface area contributed by atoms with Crippen molar-refractivity contribution in [2.75, 3.05) is 7.11 Å². The van der Waals surface area contributed by atoms with Gasteiger partial charge in [0.1, 0.15) is 0 Å². The summed E-state index contributed by atoms with van der Waals surface area (Å²) >= 11 is 0. The summed E-state index contributed by atoms with van der Waals surface area (Å²) in [6.07, 6.45) is 0.626. The van der Waals surface area contributed by atoms with Crippen molar-refractivity contribution in [3.05, 3.63) is 35.9 Å². The van der Waals surface area contributed by atoms with Crippen LogP contribution in [0.1, 0.15) is 38.8 Å². The van der Waals surface area contributed by atoms with Crippen molar-refractivity contribution >= 4 is 12.4 Å². The van der Waals surface area contributed by atoms with Crippen LogP contribution < -0.4 is 0 Å². The average Bonchev–Trinajstić information content (AvgIpc) is 2.42. The van der Waals surface area contributed by atoms with Crippen molar-refractivity contribution in [2.24, 2.45) is 0 Å². The molecule has 0 radical (unpaired) electrons. The molecule has 0 saturated heterocycles. The lowest BCUT2D eigenvalue weighted by Gasteiger charge is -2.32. The van der Waals surface area contributed by atoms with Gasteiger partial charge in [-0.05, 0) is 26.3 Å². The SMILES string of the molecule is COC(=O)C[C@@H](c1ccccc1)N(C=O)OC(C)(C)C. The molecule has 0 heterocycles. The highest BCUT2D eigenvalue weighted by molar-refractivity contribution is 5.70. The van der Waals surface area contributed by atoms with E-state index in [1.54, 1.807) is 0 Å². The largest absolute Gasteiger partial charge is 0.469 e. The second kappa shape index (κ2) is 7.05. The Bertz CT molecular complexity index is 439. The van der Waals surface area contributed by atoms with E-state index in [4.69, 9.17) is 4.84 Å². The summed E-state index contributed by atoms with van der Waals surface area (Å²) in [6, 6.07) is 8.74. The van der Waals surface area contributed by atoms with Crippen LogP contribution in [0.15, 0.2) is 30.3 Å². The summed E-state index contributed by atoms with van der Waals surface area (Å²) in [5, 5.41) is 1.17. The first kappa shape index (κ1) is 16.2. The number of benzene rings is 1. The second-order valence-electron chi connectivity index (χ2n) is 5.38. The summed E-state index contributed by atoms with van der Waals surface area (Å²) in [6.45, 7) is 5.51. The minimum absolute atomic E-state index is 0.0370. The van der Waals surface area contributed by atoms with E-state index in [0.717, 1.165) is 5.56 Å². The number of hydroxylamine groups is 2. The summed E-state index contributed by atoms with van der Waals surface area (Å²) < 4.78 is 4.69. The Morgan fingerprint density at radius 3 is 2.35 bits per heavy atom. The average molecular weight is 279 g/mol. The van der Waals surface area contributed by atoms with Gasteiger partial charge in [0.05, 0.1) is 25.2 Å². The first-order chi connectivity index (χ1) is 9.37. The highest BCUT2D eigenvalue weighted by Gasteiger charge is 2.27. The maximum Gasteiger partial charge on any atom is 0.308 e. The predicted molar refractivity (Wildman–Crippen MR) is 74.6 cm³/mol. The summed E-state index contributed by atoms with van der Waals surface area (Å²) in [4.78, 5) is 28.5. The lowest BCUT2D eigenvalue weighted by Crippen LogP contribution is -2.37. The third kappa shape index (κ3) is 5.01. The molecule has 0 aliphatic heterocycles. The highest BCUT2D eigenvalue weighted by atomic mass is 16.7. The van der Waals surface area contributed by atoms with Crippen molar-refractivity contribution in [1.29, 1.82) is 0 Å². The molecule has 0 unspecified atom stereocenters. The number of carbonyl (C=O) groups excluding carboxylic acids is 2. The highest BCUT2D eigenvalue weighted by Crippen LogP contribution is 2.26. The smallest absolute Gasteiger partial charge is 0.308 e. The van der Waals surface area contributed by atoms with Gasteiger partial charge in [-0.3, -0.25) is 14.4 Å². The molecule has 0 fully saturated rings. The Kier molecular flexibility index (Phi) is 5.70. The first-order valence-corrected chi connectivity index (χ1v) is 6.42. The number of methoxy groups -OCH3 is 1. The summed E-state index contributed by atoms with van der Waals surface area (Å²) in [5.74, 6) is -0.400.